The summed E-state index contributed by atoms with van der Waals surface area (Å²) in [6.45, 7) is 0. The molecule has 26 heavy (non-hydrogen) atoms. The minimum Gasteiger partial charge on any atom is -0.497 e. The maximum Gasteiger partial charge on any atom is 0.209 e. The van der Waals surface area contributed by atoms with Crippen LogP contribution >= 0.6 is 11.8 Å². The van der Waals surface area contributed by atoms with Crippen molar-refractivity contribution in [1.29, 1.82) is 0 Å². The van der Waals surface area contributed by atoms with Crippen LogP contribution in [-0.2, 0) is 0 Å². The third kappa shape index (κ3) is 4.02. The Kier molecular flexibility index (Phi) is 5.52. The molecule has 1 aromatic heterocycles. The van der Waals surface area contributed by atoms with Gasteiger partial charge in [0.25, 0.3) is 0 Å². The highest BCUT2D eigenvalue weighted by Gasteiger charge is 2.15. The van der Waals surface area contributed by atoms with Crippen LogP contribution < -0.4 is 9.47 Å². The van der Waals surface area contributed by atoms with Crippen molar-refractivity contribution in [2.45, 2.75) is 5.16 Å². The molecule has 8 heteroatoms. The molecule has 1 N–H and O–H groups in total. The average Bonchev–Trinajstić information content (AvgIpc) is 3.15. The maximum atomic E-state index is 13.4. The van der Waals surface area contributed by atoms with E-state index in [1.807, 2.05) is 24.3 Å². The molecule has 0 amide bonds. The van der Waals surface area contributed by atoms with Gasteiger partial charge in [0.1, 0.15) is 17.3 Å². The number of nitrogens with one attached hydrogen (secondary N) is 1. The number of H-pyrrole nitrogens is 1. The van der Waals surface area contributed by atoms with Crippen molar-refractivity contribution in [3.05, 3.63) is 53.8 Å². The molecule has 1 heterocycles. The van der Waals surface area contributed by atoms with Gasteiger partial charge in [-0.2, -0.15) is 0 Å². The van der Waals surface area contributed by atoms with Crippen molar-refractivity contribution in [3.8, 4) is 22.9 Å². The molecule has 0 spiro atoms. The summed E-state index contributed by atoms with van der Waals surface area (Å²) in [6, 6.07) is 11.2. The minimum atomic E-state index is -0.487. The van der Waals surface area contributed by atoms with Gasteiger partial charge in [-0.05, 0) is 42.5 Å². The second kappa shape index (κ2) is 8.01. The first-order valence-corrected chi connectivity index (χ1v) is 8.65. The first-order valence-electron chi connectivity index (χ1n) is 7.67. The minimum absolute atomic E-state index is 0.0692. The monoisotopic (exact) mass is 373 g/mol. The summed E-state index contributed by atoms with van der Waals surface area (Å²) in [4.78, 5) is 16.7. The zero-order chi connectivity index (χ0) is 18.5. The van der Waals surface area contributed by atoms with Gasteiger partial charge < -0.3 is 9.47 Å². The predicted molar refractivity (Wildman–Crippen MR) is 96.4 cm³/mol. The van der Waals surface area contributed by atoms with Crippen LogP contribution in [0.1, 0.15) is 10.4 Å². The fraction of sp³-hybridized carbons (Fsp3) is 0.167. The molecule has 0 bridgehead atoms. The molecule has 0 atom stereocenters. The number of hydrogen-bond acceptors (Lipinski definition) is 6. The molecule has 0 aliphatic heterocycles. The largest absolute Gasteiger partial charge is 0.497 e. The number of Topliss-reactive ketones (excluding diaryl/α,β-unsaturated/α-hetero) is 1. The number of nitrogens with zero attached hydrogens (tertiary/aromatic N) is 2. The number of benzene rings is 2. The van der Waals surface area contributed by atoms with Gasteiger partial charge in [-0.3, -0.25) is 9.89 Å². The number of methoxy groups -OCH3 is 2. The molecule has 0 fully saturated rings. The molecular weight excluding hydrogens is 357 g/mol. The van der Waals surface area contributed by atoms with Crippen LogP contribution in [-0.4, -0.2) is 40.9 Å². The molecule has 3 aromatic rings. The highest BCUT2D eigenvalue weighted by atomic mass is 32.2. The van der Waals surface area contributed by atoms with Crippen LogP contribution in [0.2, 0.25) is 0 Å². The van der Waals surface area contributed by atoms with Crippen molar-refractivity contribution >= 4 is 17.5 Å². The van der Waals surface area contributed by atoms with Crippen molar-refractivity contribution < 1.29 is 18.7 Å². The summed E-state index contributed by atoms with van der Waals surface area (Å²) in [7, 11) is 3.04. The SMILES string of the molecule is COc1ccc(-c2nc(SCC(=O)c3cc(F)ccc3OC)n[nH]2)cc1. The summed E-state index contributed by atoms with van der Waals surface area (Å²) in [5.74, 6) is 0.995. The first-order chi connectivity index (χ1) is 12.6. The number of carbonyl (C=O) groups excluding carboxylic acids is 1. The van der Waals surface area contributed by atoms with Crippen LogP contribution in [0.5, 0.6) is 11.5 Å². The van der Waals surface area contributed by atoms with Crippen molar-refractivity contribution in [2.75, 3.05) is 20.0 Å². The van der Waals surface area contributed by atoms with Crippen LogP contribution in [0.3, 0.4) is 0 Å². The third-order valence-electron chi connectivity index (χ3n) is 3.62. The Morgan fingerprint density at radius 1 is 1.15 bits per heavy atom. The first kappa shape index (κ1) is 17.9. The van der Waals surface area contributed by atoms with E-state index in [1.54, 1.807) is 7.11 Å². The lowest BCUT2D eigenvalue weighted by atomic mass is 10.1. The normalized spacial score (nSPS) is 10.6. The fourth-order valence-corrected chi connectivity index (χ4v) is 2.98. The number of hydrogen-bond donors (Lipinski definition) is 1. The van der Waals surface area contributed by atoms with Crippen LogP contribution in [0.15, 0.2) is 47.6 Å². The van der Waals surface area contributed by atoms with Gasteiger partial charge in [-0.15, -0.1) is 5.10 Å². The second-order valence-corrected chi connectivity index (χ2v) is 6.19. The topological polar surface area (TPSA) is 77.1 Å². The summed E-state index contributed by atoms with van der Waals surface area (Å²) >= 11 is 1.17. The summed E-state index contributed by atoms with van der Waals surface area (Å²) < 4.78 is 23.6. The van der Waals surface area contributed by atoms with Gasteiger partial charge in [-0.25, -0.2) is 9.37 Å². The van der Waals surface area contributed by atoms with Gasteiger partial charge in [-0.1, -0.05) is 11.8 Å². The number of carbonyl (C=O) groups is 1. The Balaban J connectivity index is 1.68. The van der Waals surface area contributed by atoms with E-state index in [4.69, 9.17) is 9.47 Å². The van der Waals surface area contributed by atoms with Gasteiger partial charge in [0.05, 0.1) is 25.5 Å². The molecule has 0 aliphatic rings. The Bertz CT molecular complexity index is 912. The molecular formula is C18H16FN3O3S. The van der Waals surface area contributed by atoms with E-state index < -0.39 is 5.82 Å². The lowest BCUT2D eigenvalue weighted by molar-refractivity contribution is 0.101. The molecule has 0 saturated heterocycles. The van der Waals surface area contributed by atoms with Crippen LogP contribution in [0.25, 0.3) is 11.4 Å². The maximum absolute atomic E-state index is 13.4. The van der Waals surface area contributed by atoms with Gasteiger partial charge in [0.2, 0.25) is 5.16 Å². The average molecular weight is 373 g/mol. The highest BCUT2D eigenvalue weighted by Crippen LogP contribution is 2.24. The summed E-state index contributed by atoms with van der Waals surface area (Å²) in [5.41, 5.74) is 1.05. The number of rotatable bonds is 7. The highest BCUT2D eigenvalue weighted by molar-refractivity contribution is 7.99. The standard InChI is InChI=1S/C18H16FN3O3S/c1-24-13-6-3-11(4-7-13)17-20-18(22-21-17)26-10-15(23)14-9-12(19)5-8-16(14)25-2/h3-9H,10H2,1-2H3,(H,20,21,22). The van der Waals surface area contributed by atoms with Crippen LogP contribution in [0, 0.1) is 5.82 Å². The molecule has 0 unspecified atom stereocenters. The Morgan fingerprint density at radius 2 is 1.92 bits per heavy atom. The summed E-state index contributed by atoms with van der Waals surface area (Å²) in [6.07, 6.45) is 0. The predicted octanol–water partition coefficient (Wildman–Crippen LogP) is 3.60. The van der Waals surface area contributed by atoms with Gasteiger partial charge >= 0.3 is 0 Å². The fourth-order valence-electron chi connectivity index (χ4n) is 2.29. The molecule has 0 aliphatic carbocycles. The Labute approximate surface area is 153 Å². The van der Waals surface area contributed by atoms with Gasteiger partial charge in [0.15, 0.2) is 11.6 Å². The smallest absolute Gasteiger partial charge is 0.209 e. The Morgan fingerprint density at radius 3 is 2.62 bits per heavy atom. The zero-order valence-electron chi connectivity index (χ0n) is 14.2. The summed E-state index contributed by atoms with van der Waals surface area (Å²) in [5, 5.41) is 7.37. The third-order valence-corrected chi connectivity index (χ3v) is 4.47. The van der Waals surface area contributed by atoms with E-state index >= 15 is 0 Å². The molecule has 2 aromatic carbocycles. The lowest BCUT2D eigenvalue weighted by Gasteiger charge is -2.06. The molecule has 134 valence electrons. The number of aromatic nitrogens is 3. The van der Waals surface area contributed by atoms with E-state index in [-0.39, 0.29) is 17.1 Å². The molecule has 6 nitrogen and oxygen atoms in total. The quantitative estimate of drug-likeness (QED) is 0.504. The molecule has 3 rings (SSSR count). The van der Waals surface area contributed by atoms with Crippen LogP contribution in [0.4, 0.5) is 4.39 Å². The number of ketones is 1. The number of halogens is 1. The van der Waals surface area contributed by atoms with E-state index in [1.165, 1.54) is 37.1 Å². The molecule has 0 saturated carbocycles. The molecule has 0 radical (unpaired) electrons. The van der Waals surface area contributed by atoms with Gasteiger partial charge in [0, 0.05) is 5.56 Å². The van der Waals surface area contributed by atoms with E-state index in [0.717, 1.165) is 11.3 Å². The lowest BCUT2D eigenvalue weighted by Crippen LogP contribution is -2.05. The second-order valence-electron chi connectivity index (χ2n) is 5.25. The zero-order valence-corrected chi connectivity index (χ0v) is 15.0. The Hall–Kier alpha value is -2.87. The number of ether oxygens (including phenoxy) is 2. The number of thioether (sulfide) groups is 1. The van der Waals surface area contributed by atoms with Crippen molar-refractivity contribution in [3.63, 3.8) is 0 Å². The van der Waals surface area contributed by atoms with E-state index in [9.17, 15) is 9.18 Å². The van der Waals surface area contributed by atoms with E-state index in [0.29, 0.717) is 16.7 Å². The van der Waals surface area contributed by atoms with E-state index in [2.05, 4.69) is 15.2 Å². The van der Waals surface area contributed by atoms with Crippen molar-refractivity contribution in [2.24, 2.45) is 0 Å². The number of aromatic amines is 1. The van der Waals surface area contributed by atoms with Crippen molar-refractivity contribution in [1.82, 2.24) is 15.2 Å².